The molecule has 0 spiro atoms. The summed E-state index contributed by atoms with van der Waals surface area (Å²) in [4.78, 5) is 26.0. The zero-order valence-electron chi connectivity index (χ0n) is 15.7. The maximum Gasteiger partial charge on any atom is 0.307 e. The number of esters is 1. The molecule has 0 radical (unpaired) electrons. The highest BCUT2D eigenvalue weighted by molar-refractivity contribution is 5.77. The SMILES string of the molecule is CCOC(=O)CCN(CCc1ccc(F)cc1)C(=O)CCc1ccccc1. The molecule has 0 saturated carbocycles. The summed E-state index contributed by atoms with van der Waals surface area (Å²) in [5.41, 5.74) is 2.06. The van der Waals surface area contributed by atoms with Crippen molar-refractivity contribution in [3.63, 3.8) is 0 Å². The van der Waals surface area contributed by atoms with E-state index in [4.69, 9.17) is 4.74 Å². The number of halogens is 1. The van der Waals surface area contributed by atoms with Crippen LogP contribution in [0.2, 0.25) is 0 Å². The Balaban J connectivity index is 1.93. The number of amides is 1. The molecule has 144 valence electrons. The van der Waals surface area contributed by atoms with E-state index in [0.29, 0.717) is 39.0 Å². The van der Waals surface area contributed by atoms with Crippen molar-refractivity contribution in [3.05, 3.63) is 71.5 Å². The van der Waals surface area contributed by atoms with Gasteiger partial charge in [-0.25, -0.2) is 4.39 Å². The van der Waals surface area contributed by atoms with E-state index in [-0.39, 0.29) is 24.1 Å². The van der Waals surface area contributed by atoms with Gasteiger partial charge < -0.3 is 9.64 Å². The molecule has 0 N–H and O–H groups in total. The number of carbonyl (C=O) groups is 2. The van der Waals surface area contributed by atoms with Crippen LogP contribution in [-0.2, 0) is 27.2 Å². The standard InChI is InChI=1S/C22H26FNO3/c1-2-27-22(26)15-17-24(16-14-19-8-11-20(23)12-9-19)21(25)13-10-18-6-4-3-5-7-18/h3-9,11-12H,2,10,13-17H2,1H3. The monoisotopic (exact) mass is 371 g/mol. The van der Waals surface area contributed by atoms with Gasteiger partial charge in [-0.2, -0.15) is 0 Å². The van der Waals surface area contributed by atoms with Gasteiger partial charge in [0.2, 0.25) is 5.91 Å². The van der Waals surface area contributed by atoms with Crippen LogP contribution in [0.25, 0.3) is 0 Å². The molecule has 0 heterocycles. The minimum absolute atomic E-state index is 0.00487. The quantitative estimate of drug-likeness (QED) is 0.597. The molecule has 0 fully saturated rings. The Morgan fingerprint density at radius 3 is 2.22 bits per heavy atom. The zero-order valence-corrected chi connectivity index (χ0v) is 15.7. The highest BCUT2D eigenvalue weighted by Crippen LogP contribution is 2.09. The topological polar surface area (TPSA) is 46.6 Å². The first-order valence-electron chi connectivity index (χ1n) is 9.30. The highest BCUT2D eigenvalue weighted by atomic mass is 19.1. The van der Waals surface area contributed by atoms with Gasteiger partial charge in [0, 0.05) is 19.5 Å². The Morgan fingerprint density at radius 1 is 0.889 bits per heavy atom. The van der Waals surface area contributed by atoms with Gasteiger partial charge in [-0.05, 0) is 43.0 Å². The van der Waals surface area contributed by atoms with Crippen molar-refractivity contribution in [1.29, 1.82) is 0 Å². The van der Waals surface area contributed by atoms with E-state index in [1.807, 2.05) is 30.3 Å². The van der Waals surface area contributed by atoms with Gasteiger partial charge >= 0.3 is 5.97 Å². The van der Waals surface area contributed by atoms with Gasteiger partial charge in [0.25, 0.3) is 0 Å². The summed E-state index contributed by atoms with van der Waals surface area (Å²) in [6.07, 6.45) is 1.83. The van der Waals surface area contributed by atoms with Crippen LogP contribution in [0.3, 0.4) is 0 Å². The van der Waals surface area contributed by atoms with E-state index in [0.717, 1.165) is 11.1 Å². The fourth-order valence-corrected chi connectivity index (χ4v) is 2.79. The molecule has 2 aromatic rings. The lowest BCUT2D eigenvalue weighted by Gasteiger charge is -2.22. The molecule has 0 bridgehead atoms. The van der Waals surface area contributed by atoms with Crippen molar-refractivity contribution in [2.24, 2.45) is 0 Å². The molecule has 0 aromatic heterocycles. The Hall–Kier alpha value is -2.69. The van der Waals surface area contributed by atoms with E-state index in [2.05, 4.69) is 0 Å². The average Bonchev–Trinajstić information content (AvgIpc) is 2.68. The van der Waals surface area contributed by atoms with Crippen molar-refractivity contribution >= 4 is 11.9 Å². The fraction of sp³-hybridized carbons (Fsp3) is 0.364. The molecule has 0 aliphatic carbocycles. The molecule has 0 aliphatic rings. The maximum atomic E-state index is 13.0. The molecule has 2 aromatic carbocycles. The normalized spacial score (nSPS) is 10.4. The Labute approximate surface area is 159 Å². The molecular weight excluding hydrogens is 345 g/mol. The lowest BCUT2D eigenvalue weighted by molar-refractivity contribution is -0.144. The van der Waals surface area contributed by atoms with Crippen molar-refractivity contribution in [2.45, 2.75) is 32.6 Å². The van der Waals surface area contributed by atoms with Crippen molar-refractivity contribution in [3.8, 4) is 0 Å². The number of ether oxygens (including phenoxy) is 1. The van der Waals surface area contributed by atoms with Crippen LogP contribution < -0.4 is 0 Å². The summed E-state index contributed by atoms with van der Waals surface area (Å²) in [6.45, 7) is 2.90. The van der Waals surface area contributed by atoms with Crippen molar-refractivity contribution in [2.75, 3.05) is 19.7 Å². The van der Waals surface area contributed by atoms with Gasteiger partial charge in [0.05, 0.1) is 13.0 Å². The average molecular weight is 371 g/mol. The van der Waals surface area contributed by atoms with Crippen LogP contribution in [-0.4, -0.2) is 36.5 Å². The van der Waals surface area contributed by atoms with E-state index in [1.54, 1.807) is 24.0 Å². The Kier molecular flexibility index (Phi) is 8.49. The van der Waals surface area contributed by atoms with E-state index in [9.17, 15) is 14.0 Å². The molecule has 0 unspecified atom stereocenters. The van der Waals surface area contributed by atoms with Crippen molar-refractivity contribution in [1.82, 2.24) is 4.90 Å². The lowest BCUT2D eigenvalue weighted by atomic mass is 10.1. The summed E-state index contributed by atoms with van der Waals surface area (Å²) >= 11 is 0. The zero-order chi connectivity index (χ0) is 19.5. The minimum Gasteiger partial charge on any atom is -0.466 e. The predicted molar refractivity (Wildman–Crippen MR) is 103 cm³/mol. The number of nitrogens with zero attached hydrogens (tertiary/aromatic N) is 1. The van der Waals surface area contributed by atoms with Gasteiger partial charge in [-0.1, -0.05) is 42.5 Å². The third-order valence-electron chi connectivity index (χ3n) is 4.30. The first-order valence-corrected chi connectivity index (χ1v) is 9.30. The number of hydrogen-bond acceptors (Lipinski definition) is 3. The summed E-state index contributed by atoms with van der Waals surface area (Å²) in [5, 5.41) is 0. The summed E-state index contributed by atoms with van der Waals surface area (Å²) in [5.74, 6) is -0.581. The second-order valence-electron chi connectivity index (χ2n) is 6.30. The van der Waals surface area contributed by atoms with Gasteiger partial charge in [0.1, 0.15) is 5.82 Å². The predicted octanol–water partition coefficient (Wildman–Crippen LogP) is 3.78. The molecule has 0 atom stereocenters. The summed E-state index contributed by atoms with van der Waals surface area (Å²) < 4.78 is 18.0. The smallest absolute Gasteiger partial charge is 0.307 e. The number of aryl methyl sites for hydroxylation is 1. The molecule has 0 aliphatic heterocycles. The molecule has 2 rings (SSSR count). The fourth-order valence-electron chi connectivity index (χ4n) is 2.79. The van der Waals surface area contributed by atoms with E-state index >= 15 is 0 Å². The Bertz CT molecular complexity index is 716. The van der Waals surface area contributed by atoms with Gasteiger partial charge in [-0.15, -0.1) is 0 Å². The van der Waals surface area contributed by atoms with E-state index < -0.39 is 0 Å². The van der Waals surface area contributed by atoms with Crippen LogP contribution >= 0.6 is 0 Å². The first kappa shape index (κ1) is 20.6. The molecule has 5 heteroatoms. The van der Waals surface area contributed by atoms with Crippen molar-refractivity contribution < 1.29 is 18.7 Å². The second-order valence-corrected chi connectivity index (χ2v) is 6.30. The maximum absolute atomic E-state index is 13.0. The second kappa shape index (κ2) is 11.1. The first-order chi connectivity index (χ1) is 13.1. The molecular formula is C22H26FNO3. The lowest BCUT2D eigenvalue weighted by Crippen LogP contribution is -2.35. The third kappa shape index (κ3) is 7.60. The van der Waals surface area contributed by atoms with Gasteiger partial charge in [0.15, 0.2) is 0 Å². The number of rotatable bonds is 10. The number of benzene rings is 2. The Morgan fingerprint density at radius 2 is 1.56 bits per heavy atom. The van der Waals surface area contributed by atoms with Gasteiger partial charge in [-0.3, -0.25) is 9.59 Å². The van der Waals surface area contributed by atoms with Crippen LogP contribution in [0.5, 0.6) is 0 Å². The molecule has 27 heavy (non-hydrogen) atoms. The van der Waals surface area contributed by atoms with E-state index in [1.165, 1.54) is 12.1 Å². The largest absolute Gasteiger partial charge is 0.466 e. The molecule has 0 saturated heterocycles. The van der Waals surface area contributed by atoms with Crippen LogP contribution in [0.4, 0.5) is 4.39 Å². The van der Waals surface area contributed by atoms with Crippen LogP contribution in [0.1, 0.15) is 30.9 Å². The third-order valence-corrected chi connectivity index (χ3v) is 4.30. The van der Waals surface area contributed by atoms with Crippen LogP contribution in [0, 0.1) is 5.82 Å². The highest BCUT2D eigenvalue weighted by Gasteiger charge is 2.15. The van der Waals surface area contributed by atoms with Crippen LogP contribution in [0.15, 0.2) is 54.6 Å². The number of hydrogen-bond donors (Lipinski definition) is 0. The minimum atomic E-state index is -0.305. The molecule has 1 amide bonds. The molecule has 4 nitrogen and oxygen atoms in total. The summed E-state index contributed by atoms with van der Waals surface area (Å²) in [7, 11) is 0. The summed E-state index contributed by atoms with van der Waals surface area (Å²) in [6, 6.07) is 16.1. The number of carbonyl (C=O) groups excluding carboxylic acids is 2.